The van der Waals surface area contributed by atoms with Crippen molar-refractivity contribution in [3.05, 3.63) is 76.8 Å². The molecule has 1 heterocycles. The molecule has 1 N–H and O–H groups in total. The van der Waals surface area contributed by atoms with Gasteiger partial charge in [-0.15, -0.1) is 0 Å². The second-order valence-corrected chi connectivity index (χ2v) is 8.44. The fourth-order valence-corrected chi connectivity index (χ4v) is 4.61. The summed E-state index contributed by atoms with van der Waals surface area (Å²) in [4.78, 5) is 12.8. The Morgan fingerprint density at radius 3 is 2.68 bits per heavy atom. The first kappa shape index (κ1) is 17.6. The van der Waals surface area contributed by atoms with Gasteiger partial charge in [0.1, 0.15) is 11.4 Å². The van der Waals surface area contributed by atoms with Crippen LogP contribution < -0.4 is 10.1 Å². The molecule has 1 unspecified atom stereocenters. The fourth-order valence-electron chi connectivity index (χ4n) is 4.43. The van der Waals surface area contributed by atoms with Crippen LogP contribution >= 0.6 is 11.6 Å². The number of carbonyl (C=O) groups is 1. The monoisotopic (exact) mass is 391 g/mol. The number of benzene rings is 3. The third-order valence-electron chi connectivity index (χ3n) is 6.03. The highest BCUT2D eigenvalue weighted by molar-refractivity contribution is 6.30. The van der Waals surface area contributed by atoms with Gasteiger partial charge in [0.25, 0.3) is 0 Å². The number of amides is 1. The van der Waals surface area contributed by atoms with E-state index in [9.17, 15) is 4.79 Å². The van der Waals surface area contributed by atoms with E-state index >= 15 is 0 Å². The zero-order valence-electron chi connectivity index (χ0n) is 15.6. The first-order valence-electron chi connectivity index (χ1n) is 9.86. The Morgan fingerprint density at radius 1 is 1.07 bits per heavy atom. The van der Waals surface area contributed by atoms with Gasteiger partial charge in [-0.1, -0.05) is 54.1 Å². The second-order valence-electron chi connectivity index (χ2n) is 8.00. The van der Waals surface area contributed by atoms with Crippen molar-refractivity contribution in [1.29, 1.82) is 0 Å². The van der Waals surface area contributed by atoms with Gasteiger partial charge in [0.05, 0.1) is 12.5 Å². The van der Waals surface area contributed by atoms with Gasteiger partial charge < -0.3 is 10.1 Å². The van der Waals surface area contributed by atoms with Crippen molar-refractivity contribution in [2.75, 3.05) is 0 Å². The molecule has 1 saturated carbocycles. The number of ether oxygens (including phenoxy) is 1. The van der Waals surface area contributed by atoms with Gasteiger partial charge >= 0.3 is 0 Å². The largest absolute Gasteiger partial charge is 0.487 e. The van der Waals surface area contributed by atoms with Crippen LogP contribution in [0.2, 0.25) is 5.02 Å². The number of nitrogens with one attached hydrogen (secondary N) is 1. The standard InChI is InChI=1S/C24H22ClNO2/c25-19-8-9-22-20(14-19)21(15-24(28-22)10-3-11-24)26-23(27)13-16-6-7-17-4-1-2-5-18(17)12-16/h1-2,4-9,12,14,21H,3,10-11,13,15H2,(H,26,27). The van der Waals surface area contributed by atoms with E-state index in [4.69, 9.17) is 16.3 Å². The lowest BCUT2D eigenvalue weighted by Crippen LogP contribution is -2.49. The van der Waals surface area contributed by atoms with Crippen LogP contribution in [0, 0.1) is 0 Å². The van der Waals surface area contributed by atoms with Crippen molar-refractivity contribution < 1.29 is 9.53 Å². The van der Waals surface area contributed by atoms with Crippen molar-refractivity contribution in [3.8, 4) is 5.75 Å². The van der Waals surface area contributed by atoms with Crippen molar-refractivity contribution in [2.24, 2.45) is 0 Å². The average Bonchev–Trinajstić information content (AvgIpc) is 2.67. The number of hydrogen-bond acceptors (Lipinski definition) is 2. The topological polar surface area (TPSA) is 38.3 Å². The quantitative estimate of drug-likeness (QED) is 0.631. The van der Waals surface area contributed by atoms with E-state index in [2.05, 4.69) is 29.6 Å². The smallest absolute Gasteiger partial charge is 0.224 e. The molecule has 0 saturated heterocycles. The molecule has 1 atom stereocenters. The van der Waals surface area contributed by atoms with Crippen LogP contribution in [0.4, 0.5) is 0 Å². The van der Waals surface area contributed by atoms with Gasteiger partial charge in [0.2, 0.25) is 5.91 Å². The van der Waals surface area contributed by atoms with E-state index in [-0.39, 0.29) is 17.6 Å². The van der Waals surface area contributed by atoms with Gasteiger partial charge in [0.15, 0.2) is 0 Å². The lowest BCUT2D eigenvalue weighted by Gasteiger charge is -2.48. The van der Waals surface area contributed by atoms with Crippen LogP contribution in [0.25, 0.3) is 10.8 Å². The summed E-state index contributed by atoms with van der Waals surface area (Å²) in [5.41, 5.74) is 1.88. The summed E-state index contributed by atoms with van der Waals surface area (Å²) in [5.74, 6) is 0.883. The minimum absolute atomic E-state index is 0.0302. The van der Waals surface area contributed by atoms with Crippen LogP contribution in [0.5, 0.6) is 5.75 Å². The number of fused-ring (bicyclic) bond motifs is 2. The van der Waals surface area contributed by atoms with Crippen LogP contribution in [0.15, 0.2) is 60.7 Å². The molecule has 1 amide bonds. The molecule has 1 aliphatic heterocycles. The molecule has 3 aromatic carbocycles. The Hall–Kier alpha value is -2.52. The molecular weight excluding hydrogens is 370 g/mol. The normalized spacial score (nSPS) is 19.5. The lowest BCUT2D eigenvalue weighted by atomic mass is 9.73. The van der Waals surface area contributed by atoms with Crippen molar-refractivity contribution >= 4 is 28.3 Å². The number of hydrogen-bond donors (Lipinski definition) is 1. The van der Waals surface area contributed by atoms with Crippen LogP contribution in [0.3, 0.4) is 0 Å². The summed E-state index contributed by atoms with van der Waals surface area (Å²) in [6.07, 6.45) is 4.45. The molecule has 3 nitrogen and oxygen atoms in total. The molecule has 1 aliphatic carbocycles. The maximum Gasteiger partial charge on any atom is 0.224 e. The van der Waals surface area contributed by atoms with Crippen LogP contribution in [-0.4, -0.2) is 11.5 Å². The summed E-state index contributed by atoms with van der Waals surface area (Å²) in [5, 5.41) is 6.26. The maximum absolute atomic E-state index is 12.8. The predicted molar refractivity (Wildman–Crippen MR) is 112 cm³/mol. The molecule has 3 aromatic rings. The Morgan fingerprint density at radius 2 is 1.89 bits per heavy atom. The Labute approximate surface area is 169 Å². The fraction of sp³-hybridized carbons (Fsp3) is 0.292. The molecule has 1 fully saturated rings. The van der Waals surface area contributed by atoms with E-state index in [1.54, 1.807) is 0 Å². The third-order valence-corrected chi connectivity index (χ3v) is 6.26. The zero-order valence-corrected chi connectivity index (χ0v) is 16.3. The van der Waals surface area contributed by atoms with E-state index in [0.717, 1.165) is 41.5 Å². The first-order valence-corrected chi connectivity index (χ1v) is 10.2. The maximum atomic E-state index is 12.8. The number of carbonyl (C=O) groups excluding carboxylic acids is 1. The molecule has 0 aromatic heterocycles. The average molecular weight is 392 g/mol. The second kappa shape index (κ2) is 6.82. The molecule has 0 bridgehead atoms. The highest BCUT2D eigenvalue weighted by atomic mass is 35.5. The molecule has 4 heteroatoms. The van der Waals surface area contributed by atoms with Gasteiger partial charge in [-0.05, 0) is 53.8 Å². The molecule has 0 radical (unpaired) electrons. The van der Waals surface area contributed by atoms with Crippen molar-refractivity contribution in [1.82, 2.24) is 5.32 Å². The summed E-state index contributed by atoms with van der Waals surface area (Å²) in [6.45, 7) is 0. The van der Waals surface area contributed by atoms with Gasteiger partial charge in [-0.3, -0.25) is 4.79 Å². The first-order chi connectivity index (χ1) is 13.6. The van der Waals surface area contributed by atoms with Crippen LogP contribution in [-0.2, 0) is 11.2 Å². The SMILES string of the molecule is O=C(Cc1ccc2ccccc2c1)NC1CC2(CCC2)Oc2ccc(Cl)cc21. The molecular formula is C24H22ClNO2. The van der Waals surface area contributed by atoms with Gasteiger partial charge in [-0.2, -0.15) is 0 Å². The van der Waals surface area contributed by atoms with E-state index in [0.29, 0.717) is 11.4 Å². The van der Waals surface area contributed by atoms with Gasteiger partial charge in [-0.25, -0.2) is 0 Å². The number of rotatable bonds is 3. The molecule has 2 aliphatic rings. The summed E-state index contributed by atoms with van der Waals surface area (Å²) in [6, 6.07) is 20.1. The zero-order chi connectivity index (χ0) is 19.1. The highest BCUT2D eigenvalue weighted by Crippen LogP contribution is 2.49. The van der Waals surface area contributed by atoms with Crippen molar-refractivity contribution in [3.63, 3.8) is 0 Å². The van der Waals surface area contributed by atoms with Crippen LogP contribution in [0.1, 0.15) is 42.9 Å². The Bertz CT molecular complexity index is 1060. The van der Waals surface area contributed by atoms with Gasteiger partial charge in [0, 0.05) is 17.0 Å². The van der Waals surface area contributed by atoms with E-state index in [1.165, 1.54) is 11.8 Å². The summed E-state index contributed by atoms with van der Waals surface area (Å²) >= 11 is 6.21. The predicted octanol–water partition coefficient (Wildman–Crippen LogP) is 5.60. The van der Waals surface area contributed by atoms with E-state index in [1.807, 2.05) is 36.4 Å². The molecule has 142 valence electrons. The Balaban J connectivity index is 1.37. The number of halogens is 1. The third kappa shape index (κ3) is 3.24. The summed E-state index contributed by atoms with van der Waals surface area (Å²) < 4.78 is 6.28. The molecule has 28 heavy (non-hydrogen) atoms. The van der Waals surface area contributed by atoms with Crippen molar-refractivity contribution in [2.45, 2.75) is 43.7 Å². The molecule has 5 rings (SSSR count). The van der Waals surface area contributed by atoms with E-state index < -0.39 is 0 Å². The summed E-state index contributed by atoms with van der Waals surface area (Å²) in [7, 11) is 0. The minimum Gasteiger partial charge on any atom is -0.487 e. The molecule has 1 spiro atoms. The highest BCUT2D eigenvalue weighted by Gasteiger charge is 2.45. The minimum atomic E-state index is -0.123. The Kier molecular flexibility index (Phi) is 4.28. The lowest BCUT2D eigenvalue weighted by molar-refractivity contribution is -0.122.